The molecule has 0 saturated heterocycles. The fourth-order valence-electron chi connectivity index (χ4n) is 1.91. The van der Waals surface area contributed by atoms with Gasteiger partial charge >= 0.3 is 6.09 Å². The van der Waals surface area contributed by atoms with E-state index in [0.717, 1.165) is 5.56 Å². The van der Waals surface area contributed by atoms with Crippen molar-refractivity contribution in [3.63, 3.8) is 0 Å². The van der Waals surface area contributed by atoms with Gasteiger partial charge in [-0.1, -0.05) is 12.1 Å². The van der Waals surface area contributed by atoms with Crippen LogP contribution < -0.4 is 16.0 Å². The predicted octanol–water partition coefficient (Wildman–Crippen LogP) is 2.07. The molecule has 0 bridgehead atoms. The first kappa shape index (κ1) is 21.0. The molecule has 26 heavy (non-hydrogen) atoms. The second-order valence-electron chi connectivity index (χ2n) is 6.54. The number of benzene rings is 1. The lowest BCUT2D eigenvalue weighted by atomic mass is 10.2. The molecule has 8 heteroatoms. The fraction of sp³-hybridized carbons (Fsp3) is 0.444. The Kier molecular flexibility index (Phi) is 8.09. The van der Waals surface area contributed by atoms with Crippen molar-refractivity contribution in [2.24, 2.45) is 0 Å². The maximum atomic E-state index is 11.9. The summed E-state index contributed by atoms with van der Waals surface area (Å²) in [4.78, 5) is 34.7. The lowest BCUT2D eigenvalue weighted by Gasteiger charge is -2.19. The molecule has 1 aromatic carbocycles. The Labute approximate surface area is 152 Å². The zero-order valence-electron chi connectivity index (χ0n) is 15.2. The first-order valence-electron chi connectivity index (χ1n) is 8.19. The molecule has 1 rings (SSSR count). The van der Waals surface area contributed by atoms with E-state index in [4.69, 9.17) is 10.00 Å². The Hall–Kier alpha value is -3.08. The number of rotatable bonds is 7. The number of carbonyl (C=O) groups is 3. The van der Waals surface area contributed by atoms with Crippen molar-refractivity contribution in [1.82, 2.24) is 10.6 Å². The van der Waals surface area contributed by atoms with Gasteiger partial charge in [0.15, 0.2) is 0 Å². The fourth-order valence-corrected chi connectivity index (χ4v) is 1.91. The molecule has 0 spiro atoms. The zero-order chi connectivity index (χ0) is 19.6. The smallest absolute Gasteiger partial charge is 0.407 e. The van der Waals surface area contributed by atoms with Gasteiger partial charge in [0, 0.05) is 25.2 Å². The predicted molar refractivity (Wildman–Crippen MR) is 96.0 cm³/mol. The molecule has 8 nitrogen and oxygen atoms in total. The number of ether oxygens (including phenoxy) is 1. The number of carbonyl (C=O) groups excluding carboxylic acids is 3. The molecule has 140 valence electrons. The third-order valence-corrected chi connectivity index (χ3v) is 2.96. The van der Waals surface area contributed by atoms with Gasteiger partial charge in [-0.2, -0.15) is 5.26 Å². The van der Waals surface area contributed by atoms with Crippen molar-refractivity contribution in [3.8, 4) is 6.07 Å². The van der Waals surface area contributed by atoms with Crippen molar-refractivity contribution < 1.29 is 19.1 Å². The molecule has 1 aromatic rings. The van der Waals surface area contributed by atoms with Crippen LogP contribution in [0, 0.1) is 11.3 Å². The van der Waals surface area contributed by atoms with Gasteiger partial charge in [-0.3, -0.25) is 9.59 Å². The van der Waals surface area contributed by atoms with E-state index in [0.29, 0.717) is 5.69 Å². The number of hydrogen-bond donors (Lipinski definition) is 3. The summed E-state index contributed by atoms with van der Waals surface area (Å²) in [7, 11) is 0. The Morgan fingerprint density at radius 1 is 1.15 bits per heavy atom. The number of alkyl carbamates (subject to hydrolysis) is 1. The third-order valence-electron chi connectivity index (χ3n) is 2.96. The van der Waals surface area contributed by atoms with E-state index in [-0.39, 0.29) is 37.7 Å². The summed E-state index contributed by atoms with van der Waals surface area (Å²) in [5.41, 5.74) is 0.787. The van der Waals surface area contributed by atoms with Gasteiger partial charge in [0.2, 0.25) is 11.8 Å². The largest absolute Gasteiger partial charge is 0.444 e. The van der Waals surface area contributed by atoms with Crippen LogP contribution in [0.4, 0.5) is 10.5 Å². The summed E-state index contributed by atoms with van der Waals surface area (Å²) in [6, 6.07) is 8.77. The van der Waals surface area contributed by atoms with Crippen molar-refractivity contribution in [2.75, 3.05) is 11.9 Å². The number of amides is 3. The van der Waals surface area contributed by atoms with Gasteiger partial charge in [0.05, 0.1) is 6.07 Å². The number of nitriles is 1. The summed E-state index contributed by atoms with van der Waals surface area (Å²) < 4.78 is 5.08. The average Bonchev–Trinajstić information content (AvgIpc) is 2.52. The van der Waals surface area contributed by atoms with Gasteiger partial charge in [0.25, 0.3) is 0 Å². The quantitative estimate of drug-likeness (QED) is 0.687. The standard InChI is InChI=1S/C18H24N4O4/c1-18(2,3)26-17(25)20-10-8-16(24)22-14-6-4-5-13(11-14)12-21-15(23)7-9-19/h4-6,11H,7-8,10,12H2,1-3H3,(H,20,25)(H,21,23)(H,22,24). The molecule has 0 aliphatic heterocycles. The van der Waals surface area contributed by atoms with Gasteiger partial charge in [-0.25, -0.2) is 4.79 Å². The van der Waals surface area contributed by atoms with E-state index >= 15 is 0 Å². The highest BCUT2D eigenvalue weighted by Gasteiger charge is 2.15. The normalized spacial score (nSPS) is 10.4. The van der Waals surface area contributed by atoms with Crippen molar-refractivity contribution >= 4 is 23.6 Å². The molecule has 0 unspecified atom stereocenters. The van der Waals surface area contributed by atoms with E-state index in [2.05, 4.69) is 16.0 Å². The first-order valence-corrected chi connectivity index (χ1v) is 8.19. The summed E-state index contributed by atoms with van der Waals surface area (Å²) in [5, 5.41) is 16.3. The van der Waals surface area contributed by atoms with E-state index in [9.17, 15) is 14.4 Å². The van der Waals surface area contributed by atoms with Crippen LogP contribution in [-0.2, 0) is 20.9 Å². The topological polar surface area (TPSA) is 120 Å². The highest BCUT2D eigenvalue weighted by Crippen LogP contribution is 2.11. The highest BCUT2D eigenvalue weighted by molar-refractivity contribution is 5.91. The molecule has 0 aliphatic rings. The van der Waals surface area contributed by atoms with Crippen LogP contribution in [0.25, 0.3) is 0 Å². The Morgan fingerprint density at radius 3 is 2.54 bits per heavy atom. The Bertz CT molecular complexity index is 689. The minimum absolute atomic E-state index is 0.0996. The lowest BCUT2D eigenvalue weighted by Crippen LogP contribution is -2.34. The maximum absolute atomic E-state index is 11.9. The van der Waals surface area contributed by atoms with Crippen molar-refractivity contribution in [2.45, 2.75) is 45.8 Å². The van der Waals surface area contributed by atoms with E-state index < -0.39 is 11.7 Å². The van der Waals surface area contributed by atoms with Crippen LogP contribution in [-0.4, -0.2) is 30.1 Å². The molecule has 0 fully saturated rings. The second kappa shape index (κ2) is 10.0. The molecule has 0 aliphatic carbocycles. The van der Waals surface area contributed by atoms with E-state index in [1.165, 1.54) is 0 Å². The summed E-state index contributed by atoms with van der Waals surface area (Å²) >= 11 is 0. The van der Waals surface area contributed by atoms with Gasteiger partial charge in [-0.15, -0.1) is 0 Å². The Morgan fingerprint density at radius 2 is 1.88 bits per heavy atom. The maximum Gasteiger partial charge on any atom is 0.407 e. The van der Waals surface area contributed by atoms with Crippen molar-refractivity contribution in [1.29, 1.82) is 5.26 Å². The van der Waals surface area contributed by atoms with Crippen LogP contribution >= 0.6 is 0 Å². The zero-order valence-corrected chi connectivity index (χ0v) is 15.2. The minimum atomic E-state index is -0.588. The molecule has 3 N–H and O–H groups in total. The lowest BCUT2D eigenvalue weighted by molar-refractivity contribution is -0.120. The Balaban J connectivity index is 2.40. The van der Waals surface area contributed by atoms with E-state index in [1.807, 2.05) is 0 Å². The van der Waals surface area contributed by atoms with Crippen LogP contribution in [0.2, 0.25) is 0 Å². The molecule has 0 radical (unpaired) electrons. The molecule has 0 atom stereocenters. The van der Waals surface area contributed by atoms with Crippen LogP contribution in [0.5, 0.6) is 0 Å². The van der Waals surface area contributed by atoms with Crippen LogP contribution in [0.1, 0.15) is 39.2 Å². The van der Waals surface area contributed by atoms with Gasteiger partial charge < -0.3 is 20.7 Å². The molecule has 3 amide bonds. The highest BCUT2D eigenvalue weighted by atomic mass is 16.6. The summed E-state index contributed by atoms with van der Waals surface area (Å²) in [6.07, 6.45) is -0.663. The number of nitrogens with one attached hydrogen (secondary N) is 3. The number of nitrogens with zero attached hydrogens (tertiary/aromatic N) is 1. The SMILES string of the molecule is CC(C)(C)OC(=O)NCCC(=O)Nc1cccc(CNC(=O)CC#N)c1. The van der Waals surface area contributed by atoms with Crippen molar-refractivity contribution in [3.05, 3.63) is 29.8 Å². The minimum Gasteiger partial charge on any atom is -0.444 e. The number of hydrogen-bond acceptors (Lipinski definition) is 5. The monoisotopic (exact) mass is 360 g/mol. The summed E-state index contributed by atoms with van der Waals surface area (Å²) in [6.45, 7) is 5.70. The molecule has 0 aromatic heterocycles. The summed E-state index contributed by atoms with van der Waals surface area (Å²) in [5.74, 6) is -0.609. The van der Waals surface area contributed by atoms with Gasteiger partial charge in [-0.05, 0) is 38.5 Å². The average molecular weight is 360 g/mol. The molecule has 0 saturated carbocycles. The molecular formula is C18H24N4O4. The molecule has 0 heterocycles. The van der Waals surface area contributed by atoms with Gasteiger partial charge in [0.1, 0.15) is 12.0 Å². The van der Waals surface area contributed by atoms with Crippen LogP contribution in [0.3, 0.4) is 0 Å². The second-order valence-corrected chi connectivity index (χ2v) is 6.54. The van der Waals surface area contributed by atoms with Crippen LogP contribution in [0.15, 0.2) is 24.3 Å². The molecular weight excluding hydrogens is 336 g/mol. The first-order chi connectivity index (χ1) is 12.2. The third kappa shape index (κ3) is 9.27. The van der Waals surface area contributed by atoms with E-state index in [1.54, 1.807) is 51.1 Å². The number of anilines is 1.